The zero-order chi connectivity index (χ0) is 20.1. The van der Waals surface area contributed by atoms with Gasteiger partial charge in [-0.15, -0.1) is 0 Å². The average Bonchev–Trinajstić information content (AvgIpc) is 2.66. The first-order valence-corrected chi connectivity index (χ1v) is 8.47. The minimum absolute atomic E-state index is 0.339. The van der Waals surface area contributed by atoms with E-state index in [-0.39, 0.29) is 5.82 Å². The van der Waals surface area contributed by atoms with Gasteiger partial charge in [-0.25, -0.2) is 9.37 Å². The molecule has 0 atom stereocenters. The van der Waals surface area contributed by atoms with Crippen molar-refractivity contribution in [2.45, 2.75) is 6.92 Å². The van der Waals surface area contributed by atoms with Crippen molar-refractivity contribution in [3.8, 4) is 17.2 Å². The largest absolute Gasteiger partial charge is 0.493 e. The fourth-order valence-corrected chi connectivity index (χ4v) is 2.68. The van der Waals surface area contributed by atoms with Gasteiger partial charge in [0, 0.05) is 35.3 Å². The normalized spacial score (nSPS) is 10.3. The van der Waals surface area contributed by atoms with Gasteiger partial charge in [0.15, 0.2) is 11.5 Å². The first-order valence-electron chi connectivity index (χ1n) is 8.47. The summed E-state index contributed by atoms with van der Waals surface area (Å²) in [7, 11) is 4.65. The van der Waals surface area contributed by atoms with E-state index in [2.05, 4.69) is 20.6 Å². The molecule has 1 heterocycles. The fourth-order valence-electron chi connectivity index (χ4n) is 2.68. The Bertz CT molecular complexity index is 956. The van der Waals surface area contributed by atoms with E-state index in [9.17, 15) is 4.39 Å². The molecule has 3 rings (SSSR count). The van der Waals surface area contributed by atoms with Crippen LogP contribution in [0.15, 0.2) is 42.5 Å². The topological polar surface area (TPSA) is 77.5 Å². The van der Waals surface area contributed by atoms with Gasteiger partial charge >= 0.3 is 0 Å². The Morgan fingerprint density at radius 1 is 0.821 bits per heavy atom. The van der Waals surface area contributed by atoms with Crippen LogP contribution in [-0.2, 0) is 0 Å². The molecule has 0 saturated carbocycles. The first-order chi connectivity index (χ1) is 13.5. The van der Waals surface area contributed by atoms with Crippen LogP contribution < -0.4 is 24.8 Å². The highest BCUT2D eigenvalue weighted by Gasteiger charge is 2.14. The molecule has 3 aromatic rings. The fraction of sp³-hybridized carbons (Fsp3) is 0.200. The number of aryl methyl sites for hydroxylation is 1. The van der Waals surface area contributed by atoms with Crippen molar-refractivity contribution in [2.75, 3.05) is 32.0 Å². The van der Waals surface area contributed by atoms with Gasteiger partial charge in [-0.1, -0.05) is 6.07 Å². The van der Waals surface area contributed by atoms with Crippen molar-refractivity contribution in [1.29, 1.82) is 0 Å². The molecule has 0 amide bonds. The number of hydrogen-bond acceptors (Lipinski definition) is 7. The molecule has 0 aliphatic carbocycles. The minimum atomic E-state index is -0.339. The smallest absolute Gasteiger partial charge is 0.229 e. The third kappa shape index (κ3) is 4.40. The number of methoxy groups -OCH3 is 3. The number of aromatic nitrogens is 2. The molecule has 0 unspecified atom stereocenters. The summed E-state index contributed by atoms with van der Waals surface area (Å²) in [6.45, 7) is 1.85. The lowest BCUT2D eigenvalue weighted by atomic mass is 10.2. The van der Waals surface area contributed by atoms with E-state index in [0.717, 1.165) is 5.69 Å². The molecule has 0 fully saturated rings. The Labute approximate surface area is 162 Å². The summed E-state index contributed by atoms with van der Waals surface area (Å²) >= 11 is 0. The lowest BCUT2D eigenvalue weighted by Crippen LogP contribution is -2.03. The SMILES string of the molecule is COc1cc(Nc2cc(C)nc(Nc3cccc(F)c3)n2)cc(OC)c1OC. The zero-order valence-corrected chi connectivity index (χ0v) is 16.0. The van der Waals surface area contributed by atoms with E-state index in [4.69, 9.17) is 14.2 Å². The molecule has 0 radical (unpaired) electrons. The summed E-state index contributed by atoms with van der Waals surface area (Å²) in [5, 5.41) is 6.21. The lowest BCUT2D eigenvalue weighted by Gasteiger charge is -2.15. The molecule has 0 spiro atoms. The quantitative estimate of drug-likeness (QED) is 0.624. The second-order valence-corrected chi connectivity index (χ2v) is 5.89. The Hall–Kier alpha value is -3.55. The maximum Gasteiger partial charge on any atom is 0.229 e. The minimum Gasteiger partial charge on any atom is -0.493 e. The maximum atomic E-state index is 13.4. The molecule has 0 bridgehead atoms. The van der Waals surface area contributed by atoms with Crippen molar-refractivity contribution >= 4 is 23.1 Å². The van der Waals surface area contributed by atoms with Crippen LogP contribution in [0.3, 0.4) is 0 Å². The van der Waals surface area contributed by atoms with Crippen LogP contribution in [0.1, 0.15) is 5.69 Å². The van der Waals surface area contributed by atoms with E-state index in [1.807, 2.05) is 6.92 Å². The van der Waals surface area contributed by atoms with Crippen LogP contribution in [0.4, 0.5) is 27.5 Å². The molecule has 0 saturated heterocycles. The molecule has 8 heteroatoms. The number of halogens is 1. The van der Waals surface area contributed by atoms with Crippen LogP contribution in [-0.4, -0.2) is 31.3 Å². The van der Waals surface area contributed by atoms with Gasteiger partial charge in [0.25, 0.3) is 0 Å². The van der Waals surface area contributed by atoms with E-state index in [1.165, 1.54) is 12.1 Å². The molecule has 1 aromatic heterocycles. The van der Waals surface area contributed by atoms with Gasteiger partial charge in [0.2, 0.25) is 11.7 Å². The van der Waals surface area contributed by atoms with Crippen molar-refractivity contribution in [3.05, 3.63) is 54.0 Å². The molecule has 146 valence electrons. The van der Waals surface area contributed by atoms with E-state index < -0.39 is 0 Å². The third-order valence-corrected chi connectivity index (χ3v) is 3.87. The monoisotopic (exact) mass is 384 g/mol. The van der Waals surface area contributed by atoms with Crippen LogP contribution in [0.25, 0.3) is 0 Å². The average molecular weight is 384 g/mol. The van der Waals surface area contributed by atoms with Gasteiger partial charge < -0.3 is 24.8 Å². The summed E-state index contributed by atoms with van der Waals surface area (Å²) in [6.07, 6.45) is 0. The molecule has 0 aliphatic heterocycles. The first kappa shape index (κ1) is 19.2. The highest BCUT2D eigenvalue weighted by atomic mass is 19.1. The van der Waals surface area contributed by atoms with Crippen LogP contribution in [0.5, 0.6) is 17.2 Å². The number of nitrogens with one attached hydrogen (secondary N) is 2. The summed E-state index contributed by atoms with van der Waals surface area (Å²) < 4.78 is 29.5. The predicted octanol–water partition coefficient (Wildman–Crippen LogP) is 4.44. The second kappa shape index (κ2) is 8.43. The van der Waals surface area contributed by atoms with E-state index >= 15 is 0 Å². The molecular weight excluding hydrogens is 363 g/mol. The number of ether oxygens (including phenoxy) is 3. The van der Waals surface area contributed by atoms with Gasteiger partial charge in [-0.2, -0.15) is 4.98 Å². The van der Waals surface area contributed by atoms with Gasteiger partial charge in [0.1, 0.15) is 11.6 Å². The standard InChI is InChI=1S/C20H21FN4O3/c1-12-8-18(25-20(22-12)24-14-7-5-6-13(21)9-14)23-15-10-16(26-2)19(28-4)17(11-15)27-3/h5-11H,1-4H3,(H2,22,23,24,25). The molecule has 2 aromatic carbocycles. The highest BCUT2D eigenvalue weighted by Crippen LogP contribution is 2.40. The van der Waals surface area contributed by atoms with Crippen LogP contribution in [0, 0.1) is 12.7 Å². The second-order valence-electron chi connectivity index (χ2n) is 5.89. The summed E-state index contributed by atoms with van der Waals surface area (Å²) in [4.78, 5) is 8.78. The molecule has 2 N–H and O–H groups in total. The van der Waals surface area contributed by atoms with Crippen molar-refractivity contribution < 1.29 is 18.6 Å². The predicted molar refractivity (Wildman–Crippen MR) is 106 cm³/mol. The van der Waals surface area contributed by atoms with Crippen molar-refractivity contribution in [3.63, 3.8) is 0 Å². The summed E-state index contributed by atoms with van der Waals surface area (Å²) in [5.41, 5.74) is 2.00. The molecular formula is C20H21FN4O3. The Kier molecular flexibility index (Phi) is 5.78. The lowest BCUT2D eigenvalue weighted by molar-refractivity contribution is 0.324. The number of hydrogen-bond donors (Lipinski definition) is 2. The third-order valence-electron chi connectivity index (χ3n) is 3.87. The molecule has 0 aliphatic rings. The van der Waals surface area contributed by atoms with Gasteiger partial charge in [-0.05, 0) is 25.1 Å². The van der Waals surface area contributed by atoms with E-state index in [1.54, 1.807) is 51.7 Å². The summed E-state index contributed by atoms with van der Waals surface area (Å²) in [5.74, 6) is 2.11. The zero-order valence-electron chi connectivity index (χ0n) is 16.0. The van der Waals surface area contributed by atoms with Gasteiger partial charge in [-0.3, -0.25) is 0 Å². The van der Waals surface area contributed by atoms with Crippen LogP contribution in [0.2, 0.25) is 0 Å². The Morgan fingerprint density at radius 2 is 1.54 bits per heavy atom. The van der Waals surface area contributed by atoms with E-state index in [0.29, 0.717) is 40.4 Å². The Morgan fingerprint density at radius 3 is 2.14 bits per heavy atom. The van der Waals surface area contributed by atoms with Gasteiger partial charge in [0.05, 0.1) is 21.3 Å². The number of rotatable bonds is 7. The Balaban J connectivity index is 1.89. The highest BCUT2D eigenvalue weighted by molar-refractivity contribution is 5.67. The van der Waals surface area contributed by atoms with Crippen LogP contribution >= 0.6 is 0 Å². The van der Waals surface area contributed by atoms with Crippen molar-refractivity contribution in [2.24, 2.45) is 0 Å². The number of anilines is 4. The molecule has 28 heavy (non-hydrogen) atoms. The molecule has 7 nitrogen and oxygen atoms in total. The maximum absolute atomic E-state index is 13.4. The number of nitrogens with zero attached hydrogens (tertiary/aromatic N) is 2. The number of benzene rings is 2. The van der Waals surface area contributed by atoms with Crippen molar-refractivity contribution in [1.82, 2.24) is 9.97 Å². The summed E-state index contributed by atoms with van der Waals surface area (Å²) in [6, 6.07) is 11.4.